The zero-order valence-electron chi connectivity index (χ0n) is 20.5. The summed E-state index contributed by atoms with van der Waals surface area (Å²) in [4.78, 5) is 25.7. The number of amides is 2. The summed E-state index contributed by atoms with van der Waals surface area (Å²) in [7, 11) is 5.36. The Kier molecular flexibility index (Phi) is 9.90. The van der Waals surface area contributed by atoms with Gasteiger partial charge >= 0.3 is 0 Å². The molecule has 0 saturated heterocycles. The first kappa shape index (κ1) is 26.6. The van der Waals surface area contributed by atoms with Crippen molar-refractivity contribution in [2.45, 2.75) is 76.0 Å². The second-order valence-electron chi connectivity index (χ2n) is 9.86. The fourth-order valence-electron chi connectivity index (χ4n) is 5.00. The Bertz CT molecular complexity index is 972. The highest BCUT2D eigenvalue weighted by molar-refractivity contribution is 7.99. The molecule has 1 aliphatic carbocycles. The number of rotatable bonds is 10. The molecule has 0 bridgehead atoms. The van der Waals surface area contributed by atoms with Crippen molar-refractivity contribution in [2.75, 3.05) is 5.75 Å². The Balaban J connectivity index is 1.61. The number of aliphatic hydroxyl groups is 1. The Hall–Kier alpha value is -1.99. The number of benzene rings is 2. The molecule has 34 heavy (non-hydrogen) atoms. The quantitative estimate of drug-likeness (QED) is 0.334. The Labute approximate surface area is 209 Å². The van der Waals surface area contributed by atoms with Crippen molar-refractivity contribution in [3.8, 4) is 0 Å². The molecule has 6 atom stereocenters. The lowest BCUT2D eigenvalue weighted by molar-refractivity contribution is -0.124. The molecule has 0 heterocycles. The van der Waals surface area contributed by atoms with Gasteiger partial charge in [0.15, 0.2) is 5.81 Å². The van der Waals surface area contributed by atoms with Crippen molar-refractivity contribution in [2.24, 2.45) is 17.8 Å². The van der Waals surface area contributed by atoms with Gasteiger partial charge < -0.3 is 15.7 Å². The monoisotopic (exact) mass is 480 g/mol. The van der Waals surface area contributed by atoms with Crippen molar-refractivity contribution in [1.29, 1.82) is 0 Å². The normalized spacial score (nSPS) is 23.1. The molecular weight excluding hydrogens is 443 g/mol. The fraction of sp³-hybridized carbons (Fsp3) is 0.556. The highest BCUT2D eigenvalue weighted by Crippen LogP contribution is 2.36. The molecule has 182 valence electrons. The maximum absolute atomic E-state index is 13.1. The molecule has 0 spiro atoms. The van der Waals surface area contributed by atoms with Gasteiger partial charge in [0.1, 0.15) is 6.04 Å². The molecule has 0 aliphatic heterocycles. The van der Waals surface area contributed by atoms with Crippen LogP contribution >= 0.6 is 11.8 Å². The number of carbonyl (C=O) groups excluding carboxylic acids is 2. The summed E-state index contributed by atoms with van der Waals surface area (Å²) in [6.45, 7) is 6.50. The summed E-state index contributed by atoms with van der Waals surface area (Å²) >= 11 is 1.49. The van der Waals surface area contributed by atoms with Crippen molar-refractivity contribution in [3.05, 3.63) is 42.5 Å². The van der Waals surface area contributed by atoms with Gasteiger partial charge in [-0.2, -0.15) is 0 Å². The van der Waals surface area contributed by atoms with Gasteiger partial charge in [0, 0.05) is 10.6 Å². The molecule has 3 unspecified atom stereocenters. The Morgan fingerprint density at radius 2 is 1.85 bits per heavy atom. The van der Waals surface area contributed by atoms with E-state index in [1.807, 2.05) is 37.3 Å². The number of hydrogen-bond acceptors (Lipinski definition) is 4. The summed E-state index contributed by atoms with van der Waals surface area (Å²) in [5.74, 6) is 1.02. The molecule has 1 aliphatic rings. The standard InChI is InChI=1S/C27H37BN2O3S/c1-4-23(25(31)15-21-13-17(2)9-10-18(21)3)29-26(32)24(30-27(28)33)16-34-22-12-11-19-7-5-6-8-20(19)14-22/h5-8,11-12,14,17-18,21,23-25,31H,4,9-10,13,15-16H2,1-3H3,(H,29,32)(H,30,33)/t17?,18?,21?,23-,24+,25+/m0/s1. The van der Waals surface area contributed by atoms with E-state index in [1.165, 1.54) is 24.6 Å². The predicted molar refractivity (Wildman–Crippen MR) is 141 cm³/mol. The average Bonchev–Trinajstić information content (AvgIpc) is 2.81. The summed E-state index contributed by atoms with van der Waals surface area (Å²) in [5.41, 5.74) is 0. The molecule has 5 nitrogen and oxygen atoms in total. The molecule has 1 saturated carbocycles. The number of aliphatic hydroxyl groups excluding tert-OH is 1. The minimum Gasteiger partial charge on any atom is -0.391 e. The summed E-state index contributed by atoms with van der Waals surface area (Å²) in [5, 5.41) is 18.8. The van der Waals surface area contributed by atoms with Crippen LogP contribution in [0, 0.1) is 17.8 Å². The predicted octanol–water partition coefficient (Wildman–Crippen LogP) is 4.90. The van der Waals surface area contributed by atoms with Gasteiger partial charge in [0.2, 0.25) is 13.8 Å². The number of thioether (sulfide) groups is 1. The molecule has 2 aromatic carbocycles. The van der Waals surface area contributed by atoms with E-state index in [-0.39, 0.29) is 11.9 Å². The molecule has 2 radical (unpaired) electrons. The van der Waals surface area contributed by atoms with Gasteiger partial charge in [-0.3, -0.25) is 9.59 Å². The van der Waals surface area contributed by atoms with Crippen LogP contribution in [0.1, 0.15) is 52.9 Å². The first-order valence-electron chi connectivity index (χ1n) is 12.4. The molecule has 3 N–H and O–H groups in total. The molecular formula is C27H37BN2O3S. The smallest absolute Gasteiger partial charge is 0.243 e. The van der Waals surface area contributed by atoms with Crippen LogP contribution in [0.5, 0.6) is 0 Å². The number of carbonyl (C=O) groups is 2. The number of fused-ring (bicyclic) bond motifs is 1. The molecule has 1 fully saturated rings. The van der Waals surface area contributed by atoms with Gasteiger partial charge in [-0.15, -0.1) is 11.8 Å². The third-order valence-corrected chi connectivity index (χ3v) is 8.26. The van der Waals surface area contributed by atoms with E-state index in [2.05, 4.69) is 36.6 Å². The van der Waals surface area contributed by atoms with Crippen molar-refractivity contribution in [1.82, 2.24) is 10.6 Å². The van der Waals surface area contributed by atoms with Crippen molar-refractivity contribution in [3.63, 3.8) is 0 Å². The van der Waals surface area contributed by atoms with Crippen LogP contribution in [0.25, 0.3) is 10.8 Å². The molecule has 0 aromatic heterocycles. The van der Waals surface area contributed by atoms with Gasteiger partial charge in [-0.05, 0) is 59.9 Å². The third kappa shape index (κ3) is 7.51. The fourth-order valence-corrected chi connectivity index (χ4v) is 5.97. The van der Waals surface area contributed by atoms with E-state index in [9.17, 15) is 14.7 Å². The van der Waals surface area contributed by atoms with Gasteiger partial charge in [0.05, 0.1) is 12.1 Å². The SMILES string of the molecule is [B]C(=O)N[C@H](CSc1ccc2ccccc2c1)C(=O)N[C@@H](CC)[C@H](O)CC1CC(C)CCC1C. The first-order valence-corrected chi connectivity index (χ1v) is 13.4. The number of hydrogen-bond donors (Lipinski definition) is 3. The summed E-state index contributed by atoms with van der Waals surface area (Å²) < 4.78 is 0. The molecule has 2 amide bonds. The lowest BCUT2D eigenvalue weighted by Crippen LogP contribution is -2.53. The second kappa shape index (κ2) is 12.6. The van der Waals surface area contributed by atoms with Crippen LogP contribution in [0.15, 0.2) is 47.4 Å². The third-order valence-electron chi connectivity index (χ3n) is 7.17. The zero-order valence-corrected chi connectivity index (χ0v) is 21.3. The van der Waals surface area contributed by atoms with Crippen LogP contribution < -0.4 is 10.6 Å². The van der Waals surface area contributed by atoms with E-state index in [0.29, 0.717) is 36.3 Å². The van der Waals surface area contributed by atoms with E-state index in [0.717, 1.165) is 22.1 Å². The van der Waals surface area contributed by atoms with E-state index < -0.39 is 18.0 Å². The minimum atomic E-state index is -0.788. The molecule has 2 aromatic rings. The second-order valence-corrected chi connectivity index (χ2v) is 11.0. The van der Waals surface area contributed by atoms with Crippen LogP contribution in [-0.2, 0) is 4.79 Å². The van der Waals surface area contributed by atoms with Gasteiger partial charge in [-0.25, -0.2) is 0 Å². The van der Waals surface area contributed by atoms with Gasteiger partial charge in [-0.1, -0.05) is 63.9 Å². The average molecular weight is 480 g/mol. The van der Waals surface area contributed by atoms with Crippen LogP contribution in [0.4, 0.5) is 4.79 Å². The maximum atomic E-state index is 13.1. The largest absolute Gasteiger partial charge is 0.391 e. The lowest BCUT2D eigenvalue weighted by atomic mass is 9.73. The number of nitrogens with one attached hydrogen (secondary N) is 2. The van der Waals surface area contributed by atoms with Crippen LogP contribution in [0.2, 0.25) is 0 Å². The van der Waals surface area contributed by atoms with Crippen LogP contribution in [0.3, 0.4) is 0 Å². The molecule has 7 heteroatoms. The van der Waals surface area contributed by atoms with Crippen molar-refractivity contribution >= 4 is 42.1 Å². The van der Waals surface area contributed by atoms with Crippen molar-refractivity contribution < 1.29 is 14.7 Å². The van der Waals surface area contributed by atoms with E-state index in [4.69, 9.17) is 7.85 Å². The topological polar surface area (TPSA) is 78.4 Å². The summed E-state index contributed by atoms with van der Waals surface area (Å²) in [6.07, 6.45) is 4.25. The summed E-state index contributed by atoms with van der Waals surface area (Å²) in [6, 6.07) is 13.1. The van der Waals surface area contributed by atoms with E-state index in [1.54, 1.807) is 0 Å². The first-order chi connectivity index (χ1) is 16.3. The highest BCUT2D eigenvalue weighted by Gasteiger charge is 2.31. The molecule has 3 rings (SSSR count). The van der Waals surface area contributed by atoms with E-state index >= 15 is 0 Å². The maximum Gasteiger partial charge on any atom is 0.243 e. The lowest BCUT2D eigenvalue weighted by Gasteiger charge is -2.36. The van der Waals surface area contributed by atoms with Gasteiger partial charge in [0.25, 0.3) is 0 Å². The zero-order chi connectivity index (χ0) is 24.7. The Morgan fingerprint density at radius 3 is 2.56 bits per heavy atom. The highest BCUT2D eigenvalue weighted by atomic mass is 32.2. The Morgan fingerprint density at radius 1 is 1.12 bits per heavy atom. The van der Waals surface area contributed by atoms with Crippen LogP contribution in [-0.4, -0.2) is 48.6 Å². The minimum absolute atomic E-state index is 0.317.